The SMILES string of the molecule is Cc1cccc(CN2CCN(CC(=O)OC(C)(C)C)CC2)c1. The Balaban J connectivity index is 1.75. The van der Waals surface area contributed by atoms with Gasteiger partial charge in [0.2, 0.25) is 0 Å². The van der Waals surface area contributed by atoms with Crippen LogP contribution in [0.2, 0.25) is 0 Å². The molecule has 1 heterocycles. The molecule has 1 aromatic carbocycles. The fraction of sp³-hybridized carbons (Fsp3) is 0.611. The van der Waals surface area contributed by atoms with Gasteiger partial charge in [0, 0.05) is 32.7 Å². The summed E-state index contributed by atoms with van der Waals surface area (Å²) in [6, 6.07) is 8.67. The topological polar surface area (TPSA) is 32.8 Å². The van der Waals surface area contributed by atoms with Gasteiger partial charge in [0.15, 0.2) is 0 Å². The Kier molecular flexibility index (Phi) is 5.59. The van der Waals surface area contributed by atoms with E-state index in [4.69, 9.17) is 4.74 Å². The van der Waals surface area contributed by atoms with Gasteiger partial charge in [0.25, 0.3) is 0 Å². The van der Waals surface area contributed by atoms with Gasteiger partial charge >= 0.3 is 5.97 Å². The van der Waals surface area contributed by atoms with Gasteiger partial charge in [-0.2, -0.15) is 0 Å². The maximum Gasteiger partial charge on any atom is 0.320 e. The first-order valence-electron chi connectivity index (χ1n) is 8.04. The molecule has 0 unspecified atom stereocenters. The molecule has 0 aromatic heterocycles. The van der Waals surface area contributed by atoms with E-state index in [1.807, 2.05) is 20.8 Å². The second-order valence-corrected chi connectivity index (χ2v) is 7.13. The van der Waals surface area contributed by atoms with E-state index >= 15 is 0 Å². The number of esters is 1. The first kappa shape index (κ1) is 17.0. The number of rotatable bonds is 4. The van der Waals surface area contributed by atoms with Gasteiger partial charge in [-0.05, 0) is 33.3 Å². The first-order chi connectivity index (χ1) is 10.3. The molecule has 1 fully saturated rings. The normalized spacial score (nSPS) is 17.5. The quantitative estimate of drug-likeness (QED) is 0.800. The predicted octanol–water partition coefficient (Wildman–Crippen LogP) is 2.45. The van der Waals surface area contributed by atoms with Gasteiger partial charge in [-0.25, -0.2) is 0 Å². The Bertz CT molecular complexity index is 500. The minimum Gasteiger partial charge on any atom is -0.459 e. The maximum atomic E-state index is 11.9. The molecule has 4 heteroatoms. The van der Waals surface area contributed by atoms with Crippen LogP contribution in [-0.2, 0) is 16.1 Å². The number of hydrogen-bond donors (Lipinski definition) is 0. The van der Waals surface area contributed by atoms with Crippen molar-refractivity contribution in [3.05, 3.63) is 35.4 Å². The fourth-order valence-corrected chi connectivity index (χ4v) is 2.73. The number of aryl methyl sites for hydroxylation is 1. The molecule has 0 spiro atoms. The van der Waals surface area contributed by atoms with Crippen molar-refractivity contribution in [3.8, 4) is 0 Å². The Morgan fingerprint density at radius 3 is 2.36 bits per heavy atom. The monoisotopic (exact) mass is 304 g/mol. The largest absolute Gasteiger partial charge is 0.459 e. The maximum absolute atomic E-state index is 11.9. The second kappa shape index (κ2) is 7.25. The van der Waals surface area contributed by atoms with Crippen molar-refractivity contribution in [1.82, 2.24) is 9.80 Å². The van der Waals surface area contributed by atoms with E-state index in [0.29, 0.717) is 6.54 Å². The molecule has 0 N–H and O–H groups in total. The van der Waals surface area contributed by atoms with E-state index in [1.54, 1.807) is 0 Å². The second-order valence-electron chi connectivity index (χ2n) is 7.13. The Morgan fingerprint density at radius 2 is 1.77 bits per heavy atom. The van der Waals surface area contributed by atoms with E-state index < -0.39 is 5.60 Å². The Morgan fingerprint density at radius 1 is 1.14 bits per heavy atom. The molecule has 4 nitrogen and oxygen atoms in total. The van der Waals surface area contributed by atoms with Crippen LogP contribution in [0.5, 0.6) is 0 Å². The Hall–Kier alpha value is -1.39. The molecular weight excluding hydrogens is 276 g/mol. The molecule has 0 saturated carbocycles. The average Bonchev–Trinajstić information content (AvgIpc) is 2.39. The number of carbonyl (C=O) groups excluding carboxylic acids is 1. The molecule has 1 aliphatic rings. The average molecular weight is 304 g/mol. The molecule has 1 aliphatic heterocycles. The molecule has 122 valence electrons. The zero-order valence-electron chi connectivity index (χ0n) is 14.3. The molecular formula is C18H28N2O2. The van der Waals surface area contributed by atoms with Gasteiger partial charge < -0.3 is 4.74 Å². The lowest BCUT2D eigenvalue weighted by Crippen LogP contribution is -2.48. The van der Waals surface area contributed by atoms with Crippen LogP contribution in [-0.4, -0.2) is 54.1 Å². The fourth-order valence-electron chi connectivity index (χ4n) is 2.73. The molecule has 0 bridgehead atoms. The van der Waals surface area contributed by atoms with Crippen LogP contribution in [0, 0.1) is 6.92 Å². The Labute approximate surface area is 134 Å². The van der Waals surface area contributed by atoms with Crippen molar-refractivity contribution in [2.24, 2.45) is 0 Å². The van der Waals surface area contributed by atoms with Gasteiger partial charge in [0.05, 0.1) is 6.54 Å². The number of hydrogen-bond acceptors (Lipinski definition) is 4. The van der Waals surface area contributed by atoms with Crippen LogP contribution in [0.1, 0.15) is 31.9 Å². The summed E-state index contributed by atoms with van der Waals surface area (Å²) in [5, 5.41) is 0. The van der Waals surface area contributed by atoms with Gasteiger partial charge in [0.1, 0.15) is 5.60 Å². The van der Waals surface area contributed by atoms with Crippen molar-refractivity contribution in [2.45, 2.75) is 39.8 Å². The lowest BCUT2D eigenvalue weighted by Gasteiger charge is -2.34. The highest BCUT2D eigenvalue weighted by molar-refractivity contribution is 5.72. The van der Waals surface area contributed by atoms with E-state index in [9.17, 15) is 4.79 Å². The number of piperazine rings is 1. The molecule has 0 amide bonds. The highest BCUT2D eigenvalue weighted by atomic mass is 16.6. The van der Waals surface area contributed by atoms with Crippen molar-refractivity contribution in [1.29, 1.82) is 0 Å². The summed E-state index contributed by atoms with van der Waals surface area (Å²) in [5.74, 6) is -0.125. The lowest BCUT2D eigenvalue weighted by atomic mass is 10.1. The smallest absolute Gasteiger partial charge is 0.320 e. The number of benzene rings is 1. The molecule has 2 rings (SSSR count). The van der Waals surface area contributed by atoms with E-state index in [0.717, 1.165) is 32.7 Å². The van der Waals surface area contributed by atoms with Crippen LogP contribution >= 0.6 is 0 Å². The summed E-state index contributed by atoms with van der Waals surface area (Å²) in [7, 11) is 0. The number of carbonyl (C=O) groups is 1. The number of nitrogens with zero attached hydrogens (tertiary/aromatic N) is 2. The minimum atomic E-state index is -0.399. The third kappa shape index (κ3) is 5.78. The van der Waals surface area contributed by atoms with Gasteiger partial charge in [-0.15, -0.1) is 0 Å². The molecule has 0 aliphatic carbocycles. The van der Waals surface area contributed by atoms with Crippen molar-refractivity contribution in [3.63, 3.8) is 0 Å². The molecule has 0 atom stereocenters. The minimum absolute atomic E-state index is 0.125. The highest BCUT2D eigenvalue weighted by Gasteiger charge is 2.22. The highest BCUT2D eigenvalue weighted by Crippen LogP contribution is 2.11. The third-order valence-electron chi connectivity index (χ3n) is 3.73. The summed E-state index contributed by atoms with van der Waals surface area (Å²) in [4.78, 5) is 16.5. The van der Waals surface area contributed by atoms with Gasteiger partial charge in [-0.1, -0.05) is 29.8 Å². The molecule has 1 saturated heterocycles. The first-order valence-corrected chi connectivity index (χ1v) is 8.04. The van der Waals surface area contributed by atoms with Crippen molar-refractivity contribution in [2.75, 3.05) is 32.7 Å². The zero-order valence-corrected chi connectivity index (χ0v) is 14.3. The standard InChI is InChI=1S/C18H28N2O2/c1-15-6-5-7-16(12-15)13-19-8-10-20(11-9-19)14-17(21)22-18(2,3)4/h5-7,12H,8-11,13-14H2,1-4H3. The zero-order chi connectivity index (χ0) is 16.2. The summed E-state index contributed by atoms with van der Waals surface area (Å²) in [6.07, 6.45) is 0. The molecule has 1 aromatic rings. The van der Waals surface area contributed by atoms with E-state index in [2.05, 4.69) is 41.0 Å². The summed E-state index contributed by atoms with van der Waals surface area (Å²) < 4.78 is 5.38. The van der Waals surface area contributed by atoms with Crippen LogP contribution in [0.25, 0.3) is 0 Å². The van der Waals surface area contributed by atoms with Crippen LogP contribution < -0.4 is 0 Å². The summed E-state index contributed by atoms with van der Waals surface area (Å²) in [5.41, 5.74) is 2.27. The third-order valence-corrected chi connectivity index (χ3v) is 3.73. The van der Waals surface area contributed by atoms with Crippen LogP contribution in [0.4, 0.5) is 0 Å². The van der Waals surface area contributed by atoms with Gasteiger partial charge in [-0.3, -0.25) is 14.6 Å². The van der Waals surface area contributed by atoms with Crippen molar-refractivity contribution >= 4 is 5.97 Å². The van der Waals surface area contributed by atoms with Crippen molar-refractivity contribution < 1.29 is 9.53 Å². The lowest BCUT2D eigenvalue weighted by molar-refractivity contribution is -0.156. The molecule has 0 radical (unpaired) electrons. The van der Waals surface area contributed by atoms with E-state index in [-0.39, 0.29) is 5.97 Å². The van der Waals surface area contributed by atoms with Crippen LogP contribution in [0.3, 0.4) is 0 Å². The predicted molar refractivity (Wildman–Crippen MR) is 88.7 cm³/mol. The van der Waals surface area contributed by atoms with Crippen LogP contribution in [0.15, 0.2) is 24.3 Å². The summed E-state index contributed by atoms with van der Waals surface area (Å²) >= 11 is 0. The van der Waals surface area contributed by atoms with E-state index in [1.165, 1.54) is 11.1 Å². The molecule has 22 heavy (non-hydrogen) atoms. The summed E-state index contributed by atoms with van der Waals surface area (Å²) in [6.45, 7) is 13.1. The number of ether oxygens (including phenoxy) is 1.